The molecule has 4 rings (SSSR count). The van der Waals surface area contributed by atoms with Crippen LogP contribution in [0.2, 0.25) is 5.02 Å². The van der Waals surface area contributed by atoms with Crippen LogP contribution in [0.4, 0.5) is 10.1 Å². The standard InChI is InChI=1S/C21H19ClFN3O/c22-17-3-1-2-16-19(26-10-8-14(9-11-26)21(24)27)12-18(25-20(16)17)13-4-6-15(23)7-5-13/h1-7,12,14H,8-11H2,(H2,24,27). The molecule has 0 saturated carbocycles. The largest absolute Gasteiger partial charge is 0.371 e. The number of amides is 1. The maximum Gasteiger partial charge on any atom is 0.220 e. The molecule has 0 radical (unpaired) electrons. The SMILES string of the molecule is NC(=O)C1CCN(c2cc(-c3ccc(F)cc3)nc3c(Cl)cccc23)CC1. The molecule has 2 heterocycles. The summed E-state index contributed by atoms with van der Waals surface area (Å²) in [5, 5.41) is 1.54. The number of aromatic nitrogens is 1. The van der Waals surface area contributed by atoms with Crippen molar-refractivity contribution in [1.29, 1.82) is 0 Å². The van der Waals surface area contributed by atoms with Crippen molar-refractivity contribution in [2.75, 3.05) is 18.0 Å². The first-order chi connectivity index (χ1) is 13.0. The fraction of sp³-hybridized carbons (Fsp3) is 0.238. The zero-order valence-corrected chi connectivity index (χ0v) is 15.4. The van der Waals surface area contributed by atoms with Gasteiger partial charge in [0.25, 0.3) is 0 Å². The third-order valence-electron chi connectivity index (χ3n) is 5.15. The number of hydrogen-bond acceptors (Lipinski definition) is 3. The molecule has 0 atom stereocenters. The van der Waals surface area contributed by atoms with Gasteiger partial charge in [-0.15, -0.1) is 0 Å². The minimum atomic E-state index is -0.286. The summed E-state index contributed by atoms with van der Waals surface area (Å²) in [5.41, 5.74) is 8.76. The molecule has 4 nitrogen and oxygen atoms in total. The first kappa shape index (κ1) is 17.7. The van der Waals surface area contributed by atoms with E-state index in [0.29, 0.717) is 10.5 Å². The molecule has 27 heavy (non-hydrogen) atoms. The van der Waals surface area contributed by atoms with Gasteiger partial charge in [-0.3, -0.25) is 4.79 Å². The Hall–Kier alpha value is -2.66. The van der Waals surface area contributed by atoms with Gasteiger partial charge in [0.1, 0.15) is 5.82 Å². The Morgan fingerprint density at radius 1 is 1.15 bits per heavy atom. The van der Waals surface area contributed by atoms with Crippen LogP contribution in [0.5, 0.6) is 0 Å². The van der Waals surface area contributed by atoms with E-state index in [9.17, 15) is 9.18 Å². The number of primary amides is 1. The lowest BCUT2D eigenvalue weighted by Crippen LogP contribution is -2.38. The van der Waals surface area contributed by atoms with Gasteiger partial charge in [0.05, 0.1) is 16.2 Å². The number of fused-ring (bicyclic) bond motifs is 1. The summed E-state index contributed by atoms with van der Waals surface area (Å²) in [7, 11) is 0. The first-order valence-corrected chi connectivity index (χ1v) is 9.30. The Morgan fingerprint density at radius 2 is 1.85 bits per heavy atom. The highest BCUT2D eigenvalue weighted by Crippen LogP contribution is 2.35. The molecule has 1 aliphatic rings. The average Bonchev–Trinajstić information content (AvgIpc) is 2.68. The summed E-state index contributed by atoms with van der Waals surface area (Å²) in [5.74, 6) is -0.592. The van der Waals surface area contributed by atoms with Crippen molar-refractivity contribution < 1.29 is 9.18 Å². The monoisotopic (exact) mass is 383 g/mol. The summed E-state index contributed by atoms with van der Waals surface area (Å²) in [6, 6.07) is 14.0. The van der Waals surface area contributed by atoms with E-state index in [4.69, 9.17) is 22.3 Å². The molecule has 0 spiro atoms. The zero-order chi connectivity index (χ0) is 19.0. The van der Waals surface area contributed by atoms with Crippen molar-refractivity contribution >= 4 is 34.1 Å². The first-order valence-electron chi connectivity index (χ1n) is 8.92. The lowest BCUT2D eigenvalue weighted by molar-refractivity contribution is -0.122. The molecule has 138 valence electrons. The fourth-order valence-corrected chi connectivity index (χ4v) is 3.85. The maximum atomic E-state index is 13.3. The second-order valence-electron chi connectivity index (χ2n) is 6.83. The molecule has 0 bridgehead atoms. The van der Waals surface area contributed by atoms with Crippen LogP contribution in [0.3, 0.4) is 0 Å². The molecule has 1 amide bonds. The number of carbonyl (C=O) groups is 1. The minimum absolute atomic E-state index is 0.0745. The average molecular weight is 384 g/mol. The number of carbonyl (C=O) groups excluding carboxylic acids is 1. The molecule has 1 saturated heterocycles. The topological polar surface area (TPSA) is 59.2 Å². The van der Waals surface area contributed by atoms with Crippen LogP contribution in [-0.4, -0.2) is 24.0 Å². The van der Waals surface area contributed by atoms with E-state index in [1.54, 1.807) is 12.1 Å². The van der Waals surface area contributed by atoms with Gasteiger partial charge in [0, 0.05) is 35.6 Å². The predicted octanol–water partition coefficient (Wildman–Crippen LogP) is 4.40. The Labute approximate surface area is 161 Å². The molecule has 0 unspecified atom stereocenters. The number of para-hydroxylation sites is 1. The van der Waals surface area contributed by atoms with E-state index >= 15 is 0 Å². The molecular weight excluding hydrogens is 365 g/mol. The lowest BCUT2D eigenvalue weighted by atomic mass is 9.95. The van der Waals surface area contributed by atoms with Crippen LogP contribution < -0.4 is 10.6 Å². The van der Waals surface area contributed by atoms with Crippen molar-refractivity contribution in [3.05, 3.63) is 59.4 Å². The Morgan fingerprint density at radius 3 is 2.52 bits per heavy atom. The second kappa shape index (κ2) is 7.16. The number of hydrogen-bond donors (Lipinski definition) is 1. The van der Waals surface area contributed by atoms with Crippen LogP contribution in [0.25, 0.3) is 22.2 Å². The maximum absolute atomic E-state index is 13.3. The van der Waals surface area contributed by atoms with Gasteiger partial charge in [0.15, 0.2) is 0 Å². The number of rotatable bonds is 3. The second-order valence-corrected chi connectivity index (χ2v) is 7.24. The summed E-state index contributed by atoms with van der Waals surface area (Å²) < 4.78 is 13.3. The van der Waals surface area contributed by atoms with Gasteiger partial charge < -0.3 is 10.6 Å². The number of benzene rings is 2. The van der Waals surface area contributed by atoms with Crippen molar-refractivity contribution in [3.8, 4) is 11.3 Å². The Kier molecular flexibility index (Phi) is 4.70. The van der Waals surface area contributed by atoms with E-state index in [1.807, 2.05) is 24.3 Å². The molecule has 2 aromatic carbocycles. The molecule has 2 N–H and O–H groups in total. The summed E-state index contributed by atoms with van der Waals surface area (Å²) in [6.45, 7) is 1.48. The van der Waals surface area contributed by atoms with E-state index in [0.717, 1.165) is 48.3 Å². The van der Waals surface area contributed by atoms with Crippen LogP contribution >= 0.6 is 11.6 Å². The van der Waals surface area contributed by atoms with Crippen LogP contribution in [0, 0.1) is 11.7 Å². The fourth-order valence-electron chi connectivity index (χ4n) is 3.63. The normalized spacial score (nSPS) is 15.3. The van der Waals surface area contributed by atoms with Crippen LogP contribution in [-0.2, 0) is 4.79 Å². The number of nitrogens with zero attached hydrogens (tertiary/aromatic N) is 2. The zero-order valence-electron chi connectivity index (χ0n) is 14.7. The van der Waals surface area contributed by atoms with Gasteiger partial charge in [-0.05, 0) is 49.2 Å². The van der Waals surface area contributed by atoms with E-state index in [-0.39, 0.29) is 17.6 Å². The lowest BCUT2D eigenvalue weighted by Gasteiger charge is -2.33. The van der Waals surface area contributed by atoms with Gasteiger partial charge in [-0.1, -0.05) is 23.7 Å². The molecule has 3 aromatic rings. The number of nitrogens with two attached hydrogens (primary N) is 1. The predicted molar refractivity (Wildman–Crippen MR) is 106 cm³/mol. The number of halogens is 2. The summed E-state index contributed by atoms with van der Waals surface area (Å²) in [4.78, 5) is 18.4. The minimum Gasteiger partial charge on any atom is -0.371 e. The smallest absolute Gasteiger partial charge is 0.220 e. The number of pyridine rings is 1. The highest BCUT2D eigenvalue weighted by molar-refractivity contribution is 6.35. The summed E-state index contributed by atoms with van der Waals surface area (Å²) >= 11 is 6.42. The quantitative estimate of drug-likeness (QED) is 0.729. The molecule has 1 aromatic heterocycles. The van der Waals surface area contributed by atoms with Gasteiger partial charge in [-0.2, -0.15) is 0 Å². The molecule has 1 fully saturated rings. The Bertz CT molecular complexity index is 998. The number of anilines is 1. The number of piperidine rings is 1. The van der Waals surface area contributed by atoms with Crippen molar-refractivity contribution in [2.45, 2.75) is 12.8 Å². The van der Waals surface area contributed by atoms with Crippen LogP contribution in [0.1, 0.15) is 12.8 Å². The van der Waals surface area contributed by atoms with E-state index in [1.165, 1.54) is 12.1 Å². The summed E-state index contributed by atoms with van der Waals surface area (Å²) in [6.07, 6.45) is 1.46. The molecular formula is C21H19ClFN3O. The third kappa shape index (κ3) is 3.47. The van der Waals surface area contributed by atoms with E-state index in [2.05, 4.69) is 4.90 Å². The Balaban J connectivity index is 1.80. The third-order valence-corrected chi connectivity index (χ3v) is 5.45. The molecule has 1 aliphatic heterocycles. The van der Waals surface area contributed by atoms with Gasteiger partial charge >= 0.3 is 0 Å². The van der Waals surface area contributed by atoms with Gasteiger partial charge in [-0.25, -0.2) is 9.37 Å². The van der Waals surface area contributed by atoms with Crippen LogP contribution in [0.15, 0.2) is 48.5 Å². The highest BCUT2D eigenvalue weighted by atomic mass is 35.5. The van der Waals surface area contributed by atoms with Crippen molar-refractivity contribution in [1.82, 2.24) is 4.98 Å². The van der Waals surface area contributed by atoms with E-state index < -0.39 is 0 Å². The highest BCUT2D eigenvalue weighted by Gasteiger charge is 2.25. The van der Waals surface area contributed by atoms with Crippen molar-refractivity contribution in [3.63, 3.8) is 0 Å². The van der Waals surface area contributed by atoms with Crippen molar-refractivity contribution in [2.24, 2.45) is 11.7 Å². The molecule has 0 aliphatic carbocycles. The van der Waals surface area contributed by atoms with Gasteiger partial charge in [0.2, 0.25) is 5.91 Å². The molecule has 6 heteroatoms.